The minimum Gasteiger partial charge on any atom is -0.434 e. The topological polar surface area (TPSA) is 70.7 Å². The number of anilines is 1. The summed E-state index contributed by atoms with van der Waals surface area (Å²) in [5.74, 6) is -0.217. The molecule has 3 amide bonds. The van der Waals surface area contributed by atoms with Gasteiger partial charge in [0.05, 0.1) is 17.3 Å². The van der Waals surface area contributed by atoms with Crippen LogP contribution in [0.4, 0.5) is 19.3 Å². The van der Waals surface area contributed by atoms with Crippen molar-refractivity contribution in [1.29, 1.82) is 0 Å². The van der Waals surface area contributed by atoms with Crippen molar-refractivity contribution in [1.82, 2.24) is 10.2 Å². The van der Waals surface area contributed by atoms with Crippen LogP contribution in [-0.4, -0.2) is 30.0 Å². The molecule has 0 bridgehead atoms. The molecule has 1 fully saturated rings. The van der Waals surface area contributed by atoms with Crippen LogP contribution < -0.4 is 15.4 Å². The van der Waals surface area contributed by atoms with Crippen molar-refractivity contribution in [3.63, 3.8) is 0 Å². The van der Waals surface area contributed by atoms with Crippen molar-refractivity contribution in [3.8, 4) is 5.75 Å². The number of hydrogen-bond acceptors (Lipinski definition) is 3. The zero-order valence-electron chi connectivity index (χ0n) is 22.9. The Morgan fingerprint density at radius 2 is 1.73 bits per heavy atom. The third kappa shape index (κ3) is 6.30. The number of benzene rings is 3. The minimum absolute atomic E-state index is 0.128. The van der Waals surface area contributed by atoms with E-state index in [4.69, 9.17) is 4.74 Å². The number of nitrogens with zero attached hydrogens (tertiary/aromatic N) is 1. The highest BCUT2D eigenvalue weighted by Crippen LogP contribution is 2.43. The van der Waals surface area contributed by atoms with Gasteiger partial charge in [0.25, 0.3) is 5.91 Å². The number of rotatable bonds is 10. The molecule has 0 spiro atoms. The van der Waals surface area contributed by atoms with Crippen LogP contribution >= 0.6 is 15.9 Å². The second-order valence-corrected chi connectivity index (χ2v) is 11.2. The summed E-state index contributed by atoms with van der Waals surface area (Å²) in [6.07, 6.45) is 3.42. The molecule has 1 aliphatic carbocycles. The Morgan fingerprint density at radius 3 is 2.34 bits per heavy atom. The van der Waals surface area contributed by atoms with Gasteiger partial charge in [0.2, 0.25) is 0 Å². The Bertz CT molecular complexity index is 1450. The van der Waals surface area contributed by atoms with Gasteiger partial charge in [0.1, 0.15) is 5.75 Å². The van der Waals surface area contributed by atoms with Crippen LogP contribution in [0.15, 0.2) is 76.8 Å². The molecule has 1 heterocycles. The Balaban J connectivity index is 1.73. The molecule has 1 aliphatic heterocycles. The van der Waals surface area contributed by atoms with Gasteiger partial charge in [-0.1, -0.05) is 84.4 Å². The number of hydrogen-bond donors (Lipinski definition) is 2. The second-order valence-electron chi connectivity index (χ2n) is 10.2. The Hall–Kier alpha value is -3.72. The van der Waals surface area contributed by atoms with Gasteiger partial charge >= 0.3 is 12.6 Å². The number of ether oxygens (including phenoxy) is 1. The molecule has 1 saturated carbocycles. The van der Waals surface area contributed by atoms with Crippen molar-refractivity contribution >= 4 is 39.3 Å². The Labute approximate surface area is 246 Å². The average Bonchev–Trinajstić information content (AvgIpc) is 3.78. The van der Waals surface area contributed by atoms with Crippen LogP contribution in [0.1, 0.15) is 55.0 Å². The first-order chi connectivity index (χ1) is 19.8. The lowest BCUT2D eigenvalue weighted by atomic mass is 9.90. The molecule has 2 aliphatic rings. The number of amides is 3. The summed E-state index contributed by atoms with van der Waals surface area (Å²) in [7, 11) is 0. The largest absolute Gasteiger partial charge is 0.434 e. The van der Waals surface area contributed by atoms with Gasteiger partial charge in [0.15, 0.2) is 0 Å². The van der Waals surface area contributed by atoms with E-state index in [1.54, 1.807) is 17.0 Å². The Morgan fingerprint density at radius 1 is 1.05 bits per heavy atom. The molecule has 41 heavy (non-hydrogen) atoms. The normalized spacial score (nSPS) is 17.1. The lowest BCUT2D eigenvalue weighted by Gasteiger charge is -2.38. The average molecular weight is 625 g/mol. The minimum atomic E-state index is -3.09. The second kappa shape index (κ2) is 12.4. The maximum absolute atomic E-state index is 14.5. The fourth-order valence-electron chi connectivity index (χ4n) is 5.30. The van der Waals surface area contributed by atoms with E-state index >= 15 is 0 Å². The molecule has 9 heteroatoms. The van der Waals surface area contributed by atoms with Crippen LogP contribution in [-0.2, 0) is 17.6 Å². The van der Waals surface area contributed by atoms with Gasteiger partial charge in [-0.3, -0.25) is 9.69 Å². The molecular weight excluding hydrogens is 592 g/mol. The fraction of sp³-hybridized carbons (Fsp3) is 0.312. The highest BCUT2D eigenvalue weighted by atomic mass is 79.9. The number of nitrogens with one attached hydrogen (secondary N) is 2. The summed E-state index contributed by atoms with van der Waals surface area (Å²) >= 11 is 3.32. The molecule has 1 atom stereocenters. The number of carbonyl (C=O) groups is 2. The summed E-state index contributed by atoms with van der Waals surface area (Å²) in [4.78, 5) is 29.8. The third-order valence-electron chi connectivity index (χ3n) is 7.50. The van der Waals surface area contributed by atoms with E-state index < -0.39 is 24.6 Å². The lowest BCUT2D eigenvalue weighted by Crippen LogP contribution is -2.49. The van der Waals surface area contributed by atoms with E-state index in [1.165, 1.54) is 6.07 Å². The maximum Gasteiger partial charge on any atom is 0.387 e. The van der Waals surface area contributed by atoms with Crippen LogP contribution in [0.3, 0.4) is 0 Å². The molecule has 3 aromatic rings. The van der Waals surface area contributed by atoms with Gasteiger partial charge in [-0.25, -0.2) is 4.79 Å². The fourth-order valence-corrected chi connectivity index (χ4v) is 5.64. The van der Waals surface area contributed by atoms with Crippen LogP contribution in [0, 0.1) is 5.92 Å². The van der Waals surface area contributed by atoms with E-state index in [2.05, 4.69) is 26.6 Å². The van der Waals surface area contributed by atoms with Crippen molar-refractivity contribution in [2.24, 2.45) is 5.92 Å². The van der Waals surface area contributed by atoms with Gasteiger partial charge in [-0.05, 0) is 60.4 Å². The summed E-state index contributed by atoms with van der Waals surface area (Å²) in [5.41, 5.74) is 4.35. The molecule has 0 radical (unpaired) electrons. The van der Waals surface area contributed by atoms with E-state index in [0.29, 0.717) is 41.0 Å². The number of carbonyl (C=O) groups excluding carboxylic acids is 2. The highest BCUT2D eigenvalue weighted by Gasteiger charge is 2.41. The lowest BCUT2D eigenvalue weighted by molar-refractivity contribution is -0.113. The Kier molecular flexibility index (Phi) is 8.73. The number of halogens is 3. The standard InChI is InChI=1S/C32H32BrF2N3O3/c1-3-20-11-8-12-21(4-2)27(20)36-30(39)26-28(24-16-15-23(33)17-25(24)41-31(34)35)37-32(40)38(18-19-13-14-19)29(26)22-9-6-5-7-10-22/h5-12,15-17,19,28,31H,3-4,13-14,18H2,1-2H3,(H,36,39)(H,37,40). The summed E-state index contributed by atoms with van der Waals surface area (Å²) in [6, 6.07) is 18.4. The molecule has 214 valence electrons. The van der Waals surface area contributed by atoms with Gasteiger partial charge in [0, 0.05) is 22.3 Å². The summed E-state index contributed by atoms with van der Waals surface area (Å²) in [5, 5.41) is 6.10. The first kappa shape index (κ1) is 28.8. The van der Waals surface area contributed by atoms with Crippen LogP contribution in [0.2, 0.25) is 0 Å². The molecular formula is C32H32BrF2N3O3. The first-order valence-electron chi connectivity index (χ1n) is 13.8. The quantitative estimate of drug-likeness (QED) is 0.243. The third-order valence-corrected chi connectivity index (χ3v) is 7.99. The smallest absolute Gasteiger partial charge is 0.387 e. The van der Waals surface area contributed by atoms with E-state index in [9.17, 15) is 18.4 Å². The van der Waals surface area contributed by atoms with Gasteiger partial charge in [-0.15, -0.1) is 0 Å². The SMILES string of the molecule is CCc1cccc(CC)c1NC(=O)C1=C(c2ccccc2)N(CC2CC2)C(=O)NC1c1ccc(Br)cc1OC(F)F. The predicted molar refractivity (Wildman–Crippen MR) is 159 cm³/mol. The molecule has 1 unspecified atom stereocenters. The maximum atomic E-state index is 14.5. The number of para-hydroxylation sites is 1. The molecule has 2 N–H and O–H groups in total. The first-order valence-corrected chi connectivity index (χ1v) is 14.6. The van der Waals surface area contributed by atoms with Crippen molar-refractivity contribution in [2.45, 2.75) is 52.2 Å². The van der Waals surface area contributed by atoms with Crippen LogP contribution in [0.5, 0.6) is 5.75 Å². The number of aryl methyl sites for hydroxylation is 2. The van der Waals surface area contributed by atoms with Crippen LogP contribution in [0.25, 0.3) is 5.70 Å². The zero-order chi connectivity index (χ0) is 29.1. The molecule has 3 aromatic carbocycles. The number of alkyl halides is 2. The van der Waals surface area contributed by atoms with Crippen molar-refractivity contribution in [3.05, 3.63) is 99.0 Å². The predicted octanol–water partition coefficient (Wildman–Crippen LogP) is 7.70. The summed E-state index contributed by atoms with van der Waals surface area (Å²) in [6.45, 7) is 1.41. The summed E-state index contributed by atoms with van der Waals surface area (Å²) < 4.78 is 32.5. The van der Waals surface area contributed by atoms with Crippen molar-refractivity contribution < 1.29 is 23.1 Å². The van der Waals surface area contributed by atoms with E-state index in [1.807, 2.05) is 62.4 Å². The molecule has 5 rings (SSSR count). The molecule has 6 nitrogen and oxygen atoms in total. The molecule has 0 saturated heterocycles. The van der Waals surface area contributed by atoms with Crippen molar-refractivity contribution in [2.75, 3.05) is 11.9 Å². The zero-order valence-corrected chi connectivity index (χ0v) is 24.5. The van der Waals surface area contributed by atoms with E-state index in [0.717, 1.165) is 29.7 Å². The van der Waals surface area contributed by atoms with Gasteiger partial charge in [-0.2, -0.15) is 8.78 Å². The number of urea groups is 1. The highest BCUT2D eigenvalue weighted by molar-refractivity contribution is 9.10. The molecule has 0 aromatic heterocycles. The van der Waals surface area contributed by atoms with Gasteiger partial charge < -0.3 is 15.4 Å². The monoisotopic (exact) mass is 623 g/mol. The van der Waals surface area contributed by atoms with E-state index in [-0.39, 0.29) is 16.9 Å².